The zero-order chi connectivity index (χ0) is 14.5. The summed E-state index contributed by atoms with van der Waals surface area (Å²) in [6.45, 7) is 0. The number of rotatable bonds is 5. The molecule has 4 heteroatoms. The van der Waals surface area contributed by atoms with Crippen LogP contribution < -0.4 is 5.32 Å². The standard InChI is InChI=1S/C16H17F2NS/c1-19-16(12-3-5-15(20-2)6-4-12)9-11-7-13(17)10-14(18)8-11/h3-8,10,16,19H,9H2,1-2H3. The molecule has 0 saturated carbocycles. The van der Waals surface area contributed by atoms with Crippen LogP contribution in [0.3, 0.4) is 0 Å². The normalized spacial score (nSPS) is 12.4. The number of thioether (sulfide) groups is 1. The van der Waals surface area contributed by atoms with Gasteiger partial charge in [0, 0.05) is 17.0 Å². The van der Waals surface area contributed by atoms with Crippen molar-refractivity contribution in [1.29, 1.82) is 0 Å². The molecular formula is C16H17F2NS. The molecule has 0 spiro atoms. The predicted molar refractivity (Wildman–Crippen MR) is 80.1 cm³/mol. The molecular weight excluding hydrogens is 276 g/mol. The summed E-state index contributed by atoms with van der Waals surface area (Å²) in [6, 6.07) is 11.9. The number of halogens is 2. The Balaban J connectivity index is 2.19. The van der Waals surface area contributed by atoms with Gasteiger partial charge < -0.3 is 5.32 Å². The van der Waals surface area contributed by atoms with E-state index >= 15 is 0 Å². The minimum atomic E-state index is -0.535. The van der Waals surface area contributed by atoms with E-state index in [9.17, 15) is 8.78 Å². The molecule has 1 N–H and O–H groups in total. The van der Waals surface area contributed by atoms with Crippen LogP contribution in [0.15, 0.2) is 47.4 Å². The monoisotopic (exact) mass is 293 g/mol. The van der Waals surface area contributed by atoms with Gasteiger partial charge in [0.25, 0.3) is 0 Å². The van der Waals surface area contributed by atoms with Crippen LogP contribution in [0.25, 0.3) is 0 Å². The van der Waals surface area contributed by atoms with Gasteiger partial charge >= 0.3 is 0 Å². The maximum absolute atomic E-state index is 13.2. The van der Waals surface area contributed by atoms with E-state index in [1.807, 2.05) is 25.4 Å². The SMILES string of the molecule is CNC(Cc1cc(F)cc(F)c1)c1ccc(SC)cc1. The van der Waals surface area contributed by atoms with E-state index in [0.29, 0.717) is 12.0 Å². The summed E-state index contributed by atoms with van der Waals surface area (Å²) in [7, 11) is 1.85. The molecule has 0 heterocycles. The van der Waals surface area contributed by atoms with Gasteiger partial charge in [-0.25, -0.2) is 8.78 Å². The van der Waals surface area contributed by atoms with E-state index in [1.165, 1.54) is 17.0 Å². The van der Waals surface area contributed by atoms with Crippen molar-refractivity contribution in [2.24, 2.45) is 0 Å². The molecule has 1 atom stereocenters. The maximum Gasteiger partial charge on any atom is 0.126 e. The van der Waals surface area contributed by atoms with Gasteiger partial charge in [0.15, 0.2) is 0 Å². The second kappa shape index (κ2) is 6.86. The van der Waals surface area contributed by atoms with E-state index in [4.69, 9.17) is 0 Å². The zero-order valence-corrected chi connectivity index (χ0v) is 12.3. The molecule has 20 heavy (non-hydrogen) atoms. The van der Waals surface area contributed by atoms with Crippen molar-refractivity contribution < 1.29 is 8.78 Å². The van der Waals surface area contributed by atoms with E-state index < -0.39 is 11.6 Å². The molecule has 0 radical (unpaired) electrons. The first-order chi connectivity index (χ1) is 9.62. The van der Waals surface area contributed by atoms with Crippen LogP contribution >= 0.6 is 11.8 Å². The lowest BCUT2D eigenvalue weighted by Crippen LogP contribution is -2.19. The maximum atomic E-state index is 13.2. The van der Waals surface area contributed by atoms with Crippen LogP contribution in [0.2, 0.25) is 0 Å². The Hall–Kier alpha value is -1.39. The second-order valence-corrected chi connectivity index (χ2v) is 5.48. The van der Waals surface area contributed by atoms with Crippen molar-refractivity contribution in [3.63, 3.8) is 0 Å². The zero-order valence-electron chi connectivity index (χ0n) is 11.5. The molecule has 1 unspecified atom stereocenters. The van der Waals surface area contributed by atoms with Gasteiger partial charge in [-0.15, -0.1) is 11.8 Å². The van der Waals surface area contributed by atoms with Gasteiger partial charge in [0.1, 0.15) is 11.6 Å². The summed E-state index contributed by atoms with van der Waals surface area (Å²) in [5.41, 5.74) is 1.76. The van der Waals surface area contributed by atoms with Crippen LogP contribution in [0.5, 0.6) is 0 Å². The van der Waals surface area contributed by atoms with Crippen molar-refractivity contribution in [3.05, 3.63) is 65.2 Å². The van der Waals surface area contributed by atoms with Gasteiger partial charge in [0.05, 0.1) is 0 Å². The van der Waals surface area contributed by atoms with Crippen molar-refractivity contribution >= 4 is 11.8 Å². The predicted octanol–water partition coefficient (Wildman–Crippen LogP) is 4.19. The summed E-state index contributed by atoms with van der Waals surface area (Å²) in [4.78, 5) is 1.19. The summed E-state index contributed by atoms with van der Waals surface area (Å²) in [6.07, 6.45) is 2.57. The number of hydrogen-bond acceptors (Lipinski definition) is 2. The smallest absolute Gasteiger partial charge is 0.126 e. The van der Waals surface area contributed by atoms with Crippen LogP contribution in [0.1, 0.15) is 17.2 Å². The molecule has 1 nitrogen and oxygen atoms in total. The van der Waals surface area contributed by atoms with E-state index in [-0.39, 0.29) is 6.04 Å². The van der Waals surface area contributed by atoms with Crippen molar-refractivity contribution in [2.75, 3.05) is 13.3 Å². The molecule has 2 aromatic rings. The fourth-order valence-corrected chi connectivity index (χ4v) is 2.60. The topological polar surface area (TPSA) is 12.0 Å². The van der Waals surface area contributed by atoms with Gasteiger partial charge in [-0.2, -0.15) is 0 Å². The Morgan fingerprint density at radius 3 is 2.15 bits per heavy atom. The fourth-order valence-electron chi connectivity index (χ4n) is 2.19. The Bertz CT molecular complexity index is 549. The fraction of sp³-hybridized carbons (Fsp3) is 0.250. The molecule has 0 amide bonds. The molecule has 0 saturated heterocycles. The molecule has 0 bridgehead atoms. The second-order valence-electron chi connectivity index (χ2n) is 4.60. The van der Waals surface area contributed by atoms with Gasteiger partial charge in [-0.3, -0.25) is 0 Å². The molecule has 106 valence electrons. The number of hydrogen-bond donors (Lipinski definition) is 1. The molecule has 0 aliphatic rings. The van der Waals surface area contributed by atoms with Crippen molar-refractivity contribution in [2.45, 2.75) is 17.4 Å². The Morgan fingerprint density at radius 1 is 1.05 bits per heavy atom. The Morgan fingerprint density at radius 2 is 1.65 bits per heavy atom. The summed E-state index contributed by atoms with van der Waals surface area (Å²) >= 11 is 1.69. The molecule has 0 fully saturated rings. The number of likely N-dealkylation sites (N-methyl/N-ethyl adjacent to an activating group) is 1. The third-order valence-corrected chi connectivity index (χ3v) is 3.97. The van der Waals surface area contributed by atoms with Crippen molar-refractivity contribution in [1.82, 2.24) is 5.32 Å². The van der Waals surface area contributed by atoms with Gasteiger partial charge in [0.2, 0.25) is 0 Å². The van der Waals surface area contributed by atoms with Gasteiger partial charge in [-0.1, -0.05) is 12.1 Å². The van der Waals surface area contributed by atoms with Crippen molar-refractivity contribution in [3.8, 4) is 0 Å². The Labute approximate surface area is 122 Å². The molecule has 0 aliphatic carbocycles. The minimum Gasteiger partial charge on any atom is -0.313 e. The first-order valence-electron chi connectivity index (χ1n) is 6.38. The lowest BCUT2D eigenvalue weighted by molar-refractivity contribution is 0.562. The average Bonchev–Trinajstić information content (AvgIpc) is 2.44. The Kier molecular flexibility index (Phi) is 5.15. The van der Waals surface area contributed by atoms with Crippen LogP contribution in [0.4, 0.5) is 8.78 Å². The largest absolute Gasteiger partial charge is 0.313 e. The third kappa shape index (κ3) is 3.81. The highest BCUT2D eigenvalue weighted by molar-refractivity contribution is 7.98. The number of nitrogens with one attached hydrogen (secondary N) is 1. The summed E-state index contributed by atoms with van der Waals surface area (Å²) < 4.78 is 26.4. The lowest BCUT2D eigenvalue weighted by Gasteiger charge is -2.17. The summed E-state index contributed by atoms with van der Waals surface area (Å²) in [5.74, 6) is -1.07. The molecule has 0 aliphatic heterocycles. The molecule has 0 aromatic heterocycles. The average molecular weight is 293 g/mol. The van der Waals surface area contributed by atoms with Gasteiger partial charge in [-0.05, 0) is 55.1 Å². The first-order valence-corrected chi connectivity index (χ1v) is 7.61. The van der Waals surface area contributed by atoms with E-state index in [2.05, 4.69) is 17.4 Å². The first kappa shape index (κ1) is 15.0. The van der Waals surface area contributed by atoms with Crippen LogP contribution in [-0.2, 0) is 6.42 Å². The van der Waals surface area contributed by atoms with E-state index in [0.717, 1.165) is 11.6 Å². The van der Waals surface area contributed by atoms with E-state index in [1.54, 1.807) is 11.8 Å². The number of benzene rings is 2. The quantitative estimate of drug-likeness (QED) is 0.830. The highest BCUT2D eigenvalue weighted by Gasteiger charge is 2.11. The summed E-state index contributed by atoms with van der Waals surface area (Å²) in [5, 5.41) is 3.19. The third-order valence-electron chi connectivity index (χ3n) is 3.23. The lowest BCUT2D eigenvalue weighted by atomic mass is 9.99. The highest BCUT2D eigenvalue weighted by atomic mass is 32.2. The molecule has 2 aromatic carbocycles. The minimum absolute atomic E-state index is 0.0344. The molecule has 2 rings (SSSR count). The van der Waals surface area contributed by atoms with Crippen LogP contribution in [-0.4, -0.2) is 13.3 Å². The highest BCUT2D eigenvalue weighted by Crippen LogP contribution is 2.22. The van der Waals surface area contributed by atoms with Crippen LogP contribution in [0, 0.1) is 11.6 Å².